The number of nitrogens with zero attached hydrogens (tertiary/aromatic N) is 1. The number of rotatable bonds is 2. The molecule has 0 radical (unpaired) electrons. The van der Waals surface area contributed by atoms with Crippen molar-refractivity contribution in [1.82, 2.24) is 0 Å². The van der Waals surface area contributed by atoms with Crippen molar-refractivity contribution in [2.75, 3.05) is 0 Å². The van der Waals surface area contributed by atoms with Crippen LogP contribution in [0.4, 0.5) is 4.39 Å². The molecule has 0 aliphatic heterocycles. The van der Waals surface area contributed by atoms with Crippen LogP contribution in [0.3, 0.4) is 0 Å². The SMILES string of the molecule is C[CH-]C.Fc1cc(/C=N/S)ccc1C1CC1.[Na+]. The minimum absolute atomic E-state index is 0. The minimum atomic E-state index is -0.117. The standard InChI is InChI=1S/C10H10FNS.C3H7.Na/c11-10-5-7(6-12-13)1-4-9(10)8-2-3-8;1-3-2;/h1,4-6,8,13H,2-3H2;3H,1-2H3;/q;-1;+1/b12-6+;;. The molecule has 1 saturated carbocycles. The molecule has 88 valence electrons. The molecular formula is C13H17FNNaS. The summed E-state index contributed by atoms with van der Waals surface area (Å²) in [5, 5.41) is 0. The van der Waals surface area contributed by atoms with E-state index < -0.39 is 0 Å². The van der Waals surface area contributed by atoms with Crippen molar-refractivity contribution < 1.29 is 33.9 Å². The minimum Gasteiger partial charge on any atom is -0.335 e. The van der Waals surface area contributed by atoms with Crippen molar-refractivity contribution >= 4 is 19.0 Å². The Kier molecular flexibility index (Phi) is 9.24. The second kappa shape index (κ2) is 9.15. The van der Waals surface area contributed by atoms with E-state index in [9.17, 15) is 4.39 Å². The molecule has 4 heteroatoms. The number of benzene rings is 1. The van der Waals surface area contributed by atoms with Gasteiger partial charge in [0.05, 0.1) is 0 Å². The van der Waals surface area contributed by atoms with E-state index in [-0.39, 0.29) is 35.4 Å². The third-order valence-electron chi connectivity index (χ3n) is 2.25. The Balaban J connectivity index is 0.000000583. The molecule has 0 spiro atoms. The van der Waals surface area contributed by atoms with Gasteiger partial charge in [-0.05, 0) is 48.8 Å². The van der Waals surface area contributed by atoms with Crippen molar-refractivity contribution in [3.8, 4) is 0 Å². The molecule has 0 bridgehead atoms. The molecule has 0 N–H and O–H groups in total. The summed E-state index contributed by atoms with van der Waals surface area (Å²) in [5.41, 5.74) is 1.60. The number of hydrogen-bond acceptors (Lipinski definition) is 2. The third-order valence-corrected chi connectivity index (χ3v) is 2.36. The molecule has 1 aliphatic carbocycles. The molecule has 1 nitrogen and oxygen atoms in total. The molecule has 1 aromatic carbocycles. The maximum atomic E-state index is 13.4. The quantitative estimate of drug-likeness (QED) is 0.355. The van der Waals surface area contributed by atoms with E-state index in [4.69, 9.17) is 0 Å². The monoisotopic (exact) mass is 261 g/mol. The van der Waals surface area contributed by atoms with Crippen molar-refractivity contribution in [2.45, 2.75) is 32.6 Å². The van der Waals surface area contributed by atoms with Crippen molar-refractivity contribution in [3.05, 3.63) is 41.6 Å². The third kappa shape index (κ3) is 6.05. The predicted molar refractivity (Wildman–Crippen MR) is 70.6 cm³/mol. The zero-order chi connectivity index (χ0) is 12.0. The largest absolute Gasteiger partial charge is 1.00 e. The van der Waals surface area contributed by atoms with Crippen molar-refractivity contribution in [2.24, 2.45) is 4.40 Å². The van der Waals surface area contributed by atoms with Crippen LogP contribution in [0.1, 0.15) is 43.7 Å². The van der Waals surface area contributed by atoms with Gasteiger partial charge in [-0.25, -0.2) is 8.79 Å². The average Bonchev–Trinajstić information content (AvgIpc) is 3.03. The molecule has 0 heterocycles. The zero-order valence-corrected chi connectivity index (χ0v) is 13.5. The van der Waals surface area contributed by atoms with Gasteiger partial charge in [0.25, 0.3) is 0 Å². The Morgan fingerprint density at radius 2 is 2.00 bits per heavy atom. The molecule has 0 aromatic heterocycles. The Labute approximate surface area is 131 Å². The predicted octanol–water partition coefficient (Wildman–Crippen LogP) is 1.20. The molecule has 0 atom stereocenters. The smallest absolute Gasteiger partial charge is 0.335 e. The Bertz CT molecular complexity index is 364. The summed E-state index contributed by atoms with van der Waals surface area (Å²) in [4.78, 5) is 0. The second-order valence-corrected chi connectivity index (χ2v) is 4.11. The fourth-order valence-corrected chi connectivity index (χ4v) is 1.55. The molecule has 0 unspecified atom stereocenters. The van der Waals surface area contributed by atoms with E-state index in [1.54, 1.807) is 0 Å². The Morgan fingerprint density at radius 3 is 2.41 bits per heavy atom. The van der Waals surface area contributed by atoms with Crippen LogP contribution < -0.4 is 29.6 Å². The first-order valence-corrected chi connectivity index (χ1v) is 5.83. The van der Waals surface area contributed by atoms with Crippen molar-refractivity contribution in [1.29, 1.82) is 0 Å². The van der Waals surface area contributed by atoms with Crippen LogP contribution in [-0.2, 0) is 0 Å². The molecule has 1 aliphatic rings. The summed E-state index contributed by atoms with van der Waals surface area (Å²) in [6, 6.07) is 5.22. The van der Waals surface area contributed by atoms with Crippen LogP contribution in [-0.4, -0.2) is 6.21 Å². The van der Waals surface area contributed by atoms with Crippen LogP contribution in [0, 0.1) is 12.2 Å². The summed E-state index contributed by atoms with van der Waals surface area (Å²) in [5.74, 6) is 0.343. The van der Waals surface area contributed by atoms with Gasteiger partial charge in [0.1, 0.15) is 5.82 Å². The molecule has 0 amide bonds. The van der Waals surface area contributed by atoms with Crippen LogP contribution in [0.2, 0.25) is 0 Å². The number of hydrogen-bond donors (Lipinski definition) is 1. The van der Waals surface area contributed by atoms with E-state index in [0.29, 0.717) is 5.92 Å². The van der Waals surface area contributed by atoms with Crippen LogP contribution in [0.15, 0.2) is 22.6 Å². The zero-order valence-electron chi connectivity index (χ0n) is 10.7. The first-order chi connectivity index (χ1) is 7.72. The summed E-state index contributed by atoms with van der Waals surface area (Å²) in [6.07, 6.45) is 5.77. The van der Waals surface area contributed by atoms with Crippen LogP contribution >= 0.6 is 12.8 Å². The van der Waals surface area contributed by atoms with Gasteiger partial charge in [-0.3, -0.25) is 0 Å². The number of halogens is 1. The molecule has 2 rings (SSSR count). The van der Waals surface area contributed by atoms with Gasteiger partial charge in [-0.15, -0.1) is 0 Å². The topological polar surface area (TPSA) is 12.4 Å². The molecule has 0 saturated heterocycles. The van der Waals surface area contributed by atoms with E-state index in [2.05, 4.69) is 17.2 Å². The average molecular weight is 261 g/mol. The first kappa shape index (κ1) is 17.2. The van der Waals surface area contributed by atoms with E-state index in [1.807, 2.05) is 32.4 Å². The van der Waals surface area contributed by atoms with Gasteiger partial charge < -0.3 is 6.42 Å². The Morgan fingerprint density at radius 1 is 1.41 bits per heavy atom. The fourth-order valence-electron chi connectivity index (χ4n) is 1.42. The van der Waals surface area contributed by atoms with Gasteiger partial charge in [-0.2, -0.15) is 13.8 Å². The Hall–Kier alpha value is 0.170. The molecule has 17 heavy (non-hydrogen) atoms. The normalized spacial score (nSPS) is 13.9. The molecular weight excluding hydrogens is 244 g/mol. The maximum absolute atomic E-state index is 13.4. The summed E-state index contributed by atoms with van der Waals surface area (Å²) in [7, 11) is 0. The van der Waals surface area contributed by atoms with Crippen molar-refractivity contribution in [3.63, 3.8) is 0 Å². The van der Waals surface area contributed by atoms with Crippen LogP contribution in [0.5, 0.6) is 0 Å². The fraction of sp³-hybridized carbons (Fsp3) is 0.385. The molecule has 1 aromatic rings. The van der Waals surface area contributed by atoms with Gasteiger partial charge in [-0.1, -0.05) is 12.1 Å². The van der Waals surface area contributed by atoms with Gasteiger partial charge in [0.15, 0.2) is 0 Å². The van der Waals surface area contributed by atoms with E-state index in [0.717, 1.165) is 24.0 Å². The van der Waals surface area contributed by atoms with Gasteiger partial charge >= 0.3 is 29.6 Å². The molecule has 1 fully saturated rings. The number of thiol groups is 1. The summed E-state index contributed by atoms with van der Waals surface area (Å²) < 4.78 is 16.9. The maximum Gasteiger partial charge on any atom is 1.00 e. The second-order valence-electron chi connectivity index (χ2n) is 3.88. The van der Waals surface area contributed by atoms with Crippen LogP contribution in [0.25, 0.3) is 0 Å². The summed E-state index contributed by atoms with van der Waals surface area (Å²) >= 11 is 3.69. The van der Waals surface area contributed by atoms with Gasteiger partial charge in [0, 0.05) is 6.21 Å². The van der Waals surface area contributed by atoms with E-state index >= 15 is 0 Å². The van der Waals surface area contributed by atoms with E-state index in [1.165, 1.54) is 12.3 Å². The van der Waals surface area contributed by atoms with Gasteiger partial charge in [0.2, 0.25) is 0 Å². The first-order valence-electron chi connectivity index (χ1n) is 5.43. The summed E-state index contributed by atoms with van der Waals surface area (Å²) in [6.45, 7) is 4.00.